The van der Waals surface area contributed by atoms with Crippen molar-refractivity contribution in [2.24, 2.45) is 0 Å². The van der Waals surface area contributed by atoms with Gasteiger partial charge in [0.1, 0.15) is 11.0 Å². The molecule has 2 aliphatic rings. The molecule has 0 fully saturated rings. The second-order valence-electron chi connectivity index (χ2n) is 16.1. The largest absolute Gasteiger partial charge is 0.453 e. The summed E-state index contributed by atoms with van der Waals surface area (Å²) < 4.78 is 19.0. The van der Waals surface area contributed by atoms with Crippen LogP contribution >= 0.6 is 0 Å². The van der Waals surface area contributed by atoms with Gasteiger partial charge in [-0.2, -0.15) is 0 Å². The Morgan fingerprint density at radius 1 is 0.359 bits per heavy atom. The van der Waals surface area contributed by atoms with Crippen LogP contribution in [0.15, 0.2) is 227 Å². The molecule has 0 bridgehead atoms. The lowest BCUT2D eigenvalue weighted by Gasteiger charge is -2.45. The van der Waals surface area contributed by atoms with Gasteiger partial charge in [0.15, 0.2) is 30.7 Å². The maximum Gasteiger partial charge on any atom is 0.227 e. The first-order valence-electron chi connectivity index (χ1n) is 21.4. The molecule has 302 valence electrons. The number of aromatic nitrogens is 2. The van der Waals surface area contributed by atoms with Gasteiger partial charge in [-0.15, -0.1) is 0 Å². The average molecular weight is 841 g/mol. The Hall–Kier alpha value is -8.46. The minimum Gasteiger partial charge on any atom is -0.453 e. The highest BCUT2D eigenvalue weighted by Gasteiger charge is 2.48. The molecule has 4 heterocycles. The van der Waals surface area contributed by atoms with Gasteiger partial charge < -0.3 is 23.4 Å². The van der Waals surface area contributed by atoms with Gasteiger partial charge >= 0.3 is 0 Å². The van der Waals surface area contributed by atoms with Crippen molar-refractivity contribution < 1.29 is 13.6 Å². The van der Waals surface area contributed by atoms with Gasteiger partial charge in [-0.1, -0.05) is 121 Å². The quantitative estimate of drug-likeness (QED) is 0.154. The minimum absolute atomic E-state index is 0.529. The normalized spacial score (nSPS) is 13.5. The molecule has 13 rings (SSSR count). The van der Waals surface area contributed by atoms with Crippen LogP contribution in [0.5, 0.6) is 11.5 Å². The van der Waals surface area contributed by atoms with Crippen LogP contribution in [0, 0.1) is 0 Å². The summed E-state index contributed by atoms with van der Waals surface area (Å²) in [6.07, 6.45) is 0. The maximum atomic E-state index is 6.42. The maximum absolute atomic E-state index is 6.42. The Morgan fingerprint density at radius 3 is 1.19 bits per heavy atom. The molecule has 7 nitrogen and oxygen atoms in total. The summed E-state index contributed by atoms with van der Waals surface area (Å²) in [6, 6.07) is 76.8. The Bertz CT molecular complexity index is 3370. The van der Waals surface area contributed by atoms with E-state index in [0.717, 1.165) is 45.4 Å². The molecule has 2 aliphatic heterocycles. The van der Waals surface area contributed by atoms with Crippen molar-refractivity contribution in [3.8, 4) is 34.4 Å². The van der Waals surface area contributed by atoms with Crippen LogP contribution in [0.1, 0.15) is 0 Å². The molecule has 0 aliphatic carbocycles. The van der Waals surface area contributed by atoms with E-state index in [1.54, 1.807) is 0 Å². The fourth-order valence-corrected chi connectivity index (χ4v) is 14.9. The summed E-state index contributed by atoms with van der Waals surface area (Å²) in [5.41, 5.74) is 10.9. The molecule has 0 unspecified atom stereocenters. The van der Waals surface area contributed by atoms with Gasteiger partial charge in [0.25, 0.3) is 0 Å². The summed E-state index contributed by atoms with van der Waals surface area (Å²) in [4.78, 5) is 14.4. The average Bonchev–Trinajstić information content (AvgIpc) is 3.98. The predicted molar refractivity (Wildman–Crippen MR) is 259 cm³/mol. The Balaban J connectivity index is 0.819. The number of hydrogen-bond donors (Lipinski definition) is 0. The molecule has 0 spiro atoms. The zero-order valence-corrected chi connectivity index (χ0v) is 35.3. The Kier molecular flexibility index (Phi) is 8.09. The number of oxazole rings is 2. The zero-order valence-electron chi connectivity index (χ0n) is 34.3. The van der Waals surface area contributed by atoms with Crippen molar-refractivity contribution in [1.29, 1.82) is 0 Å². The van der Waals surface area contributed by atoms with Gasteiger partial charge in [-0.3, -0.25) is 0 Å². The van der Waals surface area contributed by atoms with E-state index in [2.05, 4.69) is 168 Å². The number of fused-ring (bicyclic) bond motifs is 6. The van der Waals surface area contributed by atoms with Crippen molar-refractivity contribution in [3.05, 3.63) is 218 Å². The van der Waals surface area contributed by atoms with Gasteiger partial charge in [0.05, 0.1) is 11.4 Å². The molecule has 9 aromatic carbocycles. The van der Waals surface area contributed by atoms with E-state index in [1.165, 1.54) is 32.1 Å². The lowest BCUT2D eigenvalue weighted by molar-refractivity contribution is 0.477. The lowest BCUT2D eigenvalue weighted by Crippen LogP contribution is -2.77. The molecule has 8 heteroatoms. The van der Waals surface area contributed by atoms with E-state index < -0.39 is 8.07 Å². The fraction of sp³-hybridized carbons (Fsp3) is 0. The zero-order chi connectivity index (χ0) is 42.2. The number of rotatable bonds is 6. The number of para-hydroxylation sites is 6. The van der Waals surface area contributed by atoms with Crippen LogP contribution in [-0.4, -0.2) is 18.0 Å². The molecule has 0 amide bonds. The number of hydrogen-bond acceptors (Lipinski definition) is 7. The molecule has 64 heavy (non-hydrogen) atoms. The van der Waals surface area contributed by atoms with Crippen molar-refractivity contribution in [1.82, 2.24) is 9.97 Å². The van der Waals surface area contributed by atoms with Crippen LogP contribution in [0.3, 0.4) is 0 Å². The minimum atomic E-state index is -2.69. The summed E-state index contributed by atoms with van der Waals surface area (Å²) in [7, 11) is -2.69. The number of nitrogens with zero attached hydrogens (tertiary/aromatic N) is 4. The van der Waals surface area contributed by atoms with Crippen LogP contribution in [0.4, 0.5) is 34.1 Å². The number of anilines is 6. The Morgan fingerprint density at radius 2 is 0.734 bits per heavy atom. The second-order valence-corrected chi connectivity index (χ2v) is 19.9. The van der Waals surface area contributed by atoms with Crippen molar-refractivity contribution in [2.45, 2.75) is 0 Å². The van der Waals surface area contributed by atoms with Crippen LogP contribution in [-0.2, 0) is 0 Å². The molecule has 0 N–H and O–H groups in total. The molecule has 11 aromatic rings. The molecule has 2 aromatic heterocycles. The SMILES string of the molecule is c1ccc([Si]2(c3ccccc3)c3ccccc3N(c3ccc(-c4nc5cc6oc(-c7ccc(N8c9ccccc9Oc9ccccc98)cc7)nc6cc5o4)cc3)c3ccccc32)cc1. The van der Waals surface area contributed by atoms with Crippen LogP contribution < -0.4 is 35.3 Å². The van der Waals surface area contributed by atoms with E-state index >= 15 is 0 Å². The van der Waals surface area contributed by atoms with E-state index in [0.29, 0.717) is 34.0 Å². The topological polar surface area (TPSA) is 67.8 Å². The predicted octanol–water partition coefficient (Wildman–Crippen LogP) is 12.0. The highest BCUT2D eigenvalue weighted by Crippen LogP contribution is 2.50. The van der Waals surface area contributed by atoms with Crippen molar-refractivity contribution >= 4 is 85.1 Å². The monoisotopic (exact) mass is 840 g/mol. The number of ether oxygens (including phenoxy) is 1. The van der Waals surface area contributed by atoms with Gasteiger partial charge in [0.2, 0.25) is 11.8 Å². The molecule has 0 saturated heterocycles. The van der Waals surface area contributed by atoms with E-state index in [-0.39, 0.29) is 0 Å². The van der Waals surface area contributed by atoms with Crippen molar-refractivity contribution in [2.75, 3.05) is 9.80 Å². The van der Waals surface area contributed by atoms with Gasteiger partial charge in [-0.05, 0) is 106 Å². The first-order valence-corrected chi connectivity index (χ1v) is 23.4. The summed E-state index contributed by atoms with van der Waals surface area (Å²) in [5.74, 6) is 2.69. The standard InChI is InChI=1S/C56H36N4O3Si/c1-3-15-41(16-4-1)64(42-17-5-2-6-18-42)53-25-13-9-21-47(53)60(48-22-10-14-26-54(48)64)40-33-29-38(30-34-40)56-58-44-36-51-43(35-52(44)63-56)57-55(62-51)37-27-31-39(32-28-37)59-45-19-7-11-23-49(45)61-50-24-12-8-20-46(50)59/h1-36H. The van der Waals surface area contributed by atoms with Crippen molar-refractivity contribution in [3.63, 3.8) is 0 Å². The fourth-order valence-electron chi connectivity index (χ4n) is 9.77. The third kappa shape index (κ3) is 5.53. The van der Waals surface area contributed by atoms with Gasteiger partial charge in [0, 0.05) is 46.0 Å². The van der Waals surface area contributed by atoms with Crippen LogP contribution in [0.25, 0.3) is 45.1 Å². The summed E-state index contributed by atoms with van der Waals surface area (Å²) in [5, 5.41) is 5.44. The molecular formula is C56H36N4O3Si. The van der Waals surface area contributed by atoms with Gasteiger partial charge in [-0.25, -0.2) is 9.97 Å². The highest BCUT2D eigenvalue weighted by molar-refractivity contribution is 7.21. The summed E-state index contributed by atoms with van der Waals surface area (Å²) in [6.45, 7) is 0. The summed E-state index contributed by atoms with van der Waals surface area (Å²) >= 11 is 0. The third-order valence-electron chi connectivity index (χ3n) is 12.6. The number of benzene rings is 9. The van der Waals surface area contributed by atoms with E-state index in [9.17, 15) is 0 Å². The smallest absolute Gasteiger partial charge is 0.227 e. The Labute approximate surface area is 369 Å². The first-order chi connectivity index (χ1) is 31.7. The van der Waals surface area contributed by atoms with E-state index in [4.69, 9.17) is 23.5 Å². The lowest BCUT2D eigenvalue weighted by atomic mass is 10.1. The molecular weight excluding hydrogens is 805 g/mol. The van der Waals surface area contributed by atoms with Crippen LogP contribution in [0.2, 0.25) is 0 Å². The molecule has 0 saturated carbocycles. The van der Waals surface area contributed by atoms with E-state index in [1.807, 2.05) is 60.7 Å². The third-order valence-corrected chi connectivity index (χ3v) is 17.4. The molecule has 0 atom stereocenters. The highest BCUT2D eigenvalue weighted by atomic mass is 28.3. The second kappa shape index (κ2) is 14.3. The first kappa shape index (κ1) is 36.2. The molecule has 0 radical (unpaired) electrons.